The van der Waals surface area contributed by atoms with E-state index in [-0.39, 0.29) is 11.3 Å². The Morgan fingerprint density at radius 2 is 1.73 bits per heavy atom. The number of rotatable bonds is 8. The van der Waals surface area contributed by atoms with E-state index in [4.69, 9.17) is 4.74 Å². The Hall–Kier alpha value is -4.19. The van der Waals surface area contributed by atoms with Crippen LogP contribution in [0.1, 0.15) is 22.7 Å². The number of ether oxygens (including phenoxy) is 1. The van der Waals surface area contributed by atoms with Crippen molar-refractivity contribution >= 4 is 17.4 Å². The number of likely N-dealkylation sites (tertiary alicyclic amines) is 1. The maximum Gasteiger partial charge on any atom is 0.295 e. The number of benzene rings is 2. The van der Waals surface area contributed by atoms with E-state index in [9.17, 15) is 14.7 Å². The summed E-state index contributed by atoms with van der Waals surface area (Å²) < 4.78 is 5.56. The Kier molecular flexibility index (Phi) is 6.64. The predicted octanol–water partition coefficient (Wildman–Crippen LogP) is 4.31. The number of aromatic nitrogens is 1. The summed E-state index contributed by atoms with van der Waals surface area (Å²) in [5, 5.41) is 11.0. The topological polar surface area (TPSA) is 79.7 Å². The maximum atomic E-state index is 13.1. The van der Waals surface area contributed by atoms with Gasteiger partial charge in [-0.2, -0.15) is 0 Å². The molecule has 2 aromatic carbocycles. The van der Waals surface area contributed by atoms with Gasteiger partial charge in [-0.3, -0.25) is 14.6 Å². The van der Waals surface area contributed by atoms with Crippen molar-refractivity contribution in [1.29, 1.82) is 0 Å². The zero-order valence-corrected chi connectivity index (χ0v) is 18.1. The van der Waals surface area contributed by atoms with Gasteiger partial charge in [-0.05, 0) is 41.8 Å². The fraction of sp³-hybridized carbons (Fsp3) is 0.148. The lowest BCUT2D eigenvalue weighted by Gasteiger charge is -2.25. The fourth-order valence-corrected chi connectivity index (χ4v) is 3.92. The van der Waals surface area contributed by atoms with Crippen LogP contribution < -0.4 is 4.74 Å². The molecule has 1 N–H and O–H groups in total. The second-order valence-electron chi connectivity index (χ2n) is 7.63. The van der Waals surface area contributed by atoms with Gasteiger partial charge in [0, 0.05) is 24.5 Å². The molecule has 33 heavy (non-hydrogen) atoms. The van der Waals surface area contributed by atoms with E-state index in [0.717, 1.165) is 5.56 Å². The molecule has 0 aliphatic carbocycles. The van der Waals surface area contributed by atoms with Crippen LogP contribution in [0.2, 0.25) is 0 Å². The van der Waals surface area contributed by atoms with E-state index in [0.29, 0.717) is 36.4 Å². The van der Waals surface area contributed by atoms with Crippen LogP contribution in [-0.2, 0) is 16.0 Å². The van der Waals surface area contributed by atoms with Gasteiger partial charge in [-0.15, -0.1) is 0 Å². The lowest BCUT2D eigenvalue weighted by molar-refractivity contribution is -0.139. The van der Waals surface area contributed by atoms with Gasteiger partial charge in [0.15, 0.2) is 0 Å². The van der Waals surface area contributed by atoms with E-state index in [1.807, 2.05) is 42.5 Å². The third-order valence-corrected chi connectivity index (χ3v) is 5.54. The second-order valence-corrected chi connectivity index (χ2v) is 7.63. The van der Waals surface area contributed by atoms with Crippen LogP contribution in [0.5, 0.6) is 5.75 Å². The lowest BCUT2D eigenvalue weighted by Crippen LogP contribution is -2.31. The highest BCUT2D eigenvalue weighted by molar-refractivity contribution is 6.46. The highest BCUT2D eigenvalue weighted by Crippen LogP contribution is 2.39. The van der Waals surface area contributed by atoms with E-state index >= 15 is 0 Å². The van der Waals surface area contributed by atoms with Gasteiger partial charge >= 0.3 is 0 Å². The highest BCUT2D eigenvalue weighted by Gasteiger charge is 2.45. The second kappa shape index (κ2) is 9.96. The van der Waals surface area contributed by atoms with Crippen LogP contribution in [-0.4, -0.2) is 39.8 Å². The van der Waals surface area contributed by atoms with Crippen molar-refractivity contribution in [1.82, 2.24) is 9.88 Å². The predicted molar refractivity (Wildman–Crippen MR) is 126 cm³/mol. The first-order valence-electron chi connectivity index (χ1n) is 10.7. The first kappa shape index (κ1) is 22.0. The van der Waals surface area contributed by atoms with Gasteiger partial charge in [0.05, 0.1) is 11.6 Å². The molecule has 6 nitrogen and oxygen atoms in total. The summed E-state index contributed by atoms with van der Waals surface area (Å²) >= 11 is 0. The average Bonchev–Trinajstić information content (AvgIpc) is 3.12. The molecule has 4 rings (SSSR count). The SMILES string of the molecule is C=CCOc1ccc(C2C(=C(O)c3ccncc3)C(=O)C(=O)N2CCc2ccccc2)cc1. The molecular formula is C27H24N2O4. The van der Waals surface area contributed by atoms with Crippen molar-refractivity contribution in [2.75, 3.05) is 13.2 Å². The number of nitrogens with zero attached hydrogens (tertiary/aromatic N) is 2. The Morgan fingerprint density at radius 3 is 2.39 bits per heavy atom. The Morgan fingerprint density at radius 1 is 1.03 bits per heavy atom. The van der Waals surface area contributed by atoms with Gasteiger partial charge in [0.1, 0.15) is 18.1 Å². The molecule has 1 amide bonds. The standard InChI is InChI=1S/C27H24N2O4/c1-2-18-33-22-10-8-20(9-11-22)24-23(25(30)21-12-15-28-16-13-21)26(31)27(32)29(24)17-14-19-6-4-3-5-7-19/h2-13,15-16,24,30H,1,14,17-18H2. The lowest BCUT2D eigenvalue weighted by atomic mass is 9.95. The van der Waals surface area contributed by atoms with Crippen molar-refractivity contribution in [3.05, 3.63) is 114 Å². The number of carbonyl (C=O) groups excluding carboxylic acids is 2. The number of Topliss-reactive ketones (excluding diaryl/α,β-unsaturated/α-hetero) is 1. The number of ketones is 1. The zero-order valence-electron chi connectivity index (χ0n) is 18.1. The van der Waals surface area contributed by atoms with Crippen molar-refractivity contribution in [3.63, 3.8) is 0 Å². The van der Waals surface area contributed by atoms with Crippen LogP contribution in [0.3, 0.4) is 0 Å². The number of hydrogen-bond acceptors (Lipinski definition) is 5. The summed E-state index contributed by atoms with van der Waals surface area (Å²) in [6.45, 7) is 4.35. The Labute approximate surface area is 192 Å². The molecule has 1 aliphatic heterocycles. The van der Waals surface area contributed by atoms with Crippen LogP contribution in [0.15, 0.2) is 97.4 Å². The molecule has 166 valence electrons. The van der Waals surface area contributed by atoms with Gasteiger partial charge < -0.3 is 14.7 Å². The average molecular weight is 440 g/mol. The number of hydrogen-bond donors (Lipinski definition) is 1. The van der Waals surface area contributed by atoms with Crippen LogP contribution in [0, 0.1) is 0 Å². The van der Waals surface area contributed by atoms with Crippen LogP contribution in [0.4, 0.5) is 0 Å². The third kappa shape index (κ3) is 4.70. The smallest absolute Gasteiger partial charge is 0.295 e. The molecule has 1 unspecified atom stereocenters. The molecule has 6 heteroatoms. The summed E-state index contributed by atoms with van der Waals surface area (Å²) in [5.74, 6) is -0.892. The van der Waals surface area contributed by atoms with Crippen LogP contribution >= 0.6 is 0 Å². The fourth-order valence-electron chi connectivity index (χ4n) is 3.92. The van der Waals surface area contributed by atoms with Crippen molar-refractivity contribution in [2.45, 2.75) is 12.5 Å². The molecule has 0 spiro atoms. The van der Waals surface area contributed by atoms with Crippen molar-refractivity contribution < 1.29 is 19.4 Å². The van der Waals surface area contributed by atoms with E-state index < -0.39 is 17.7 Å². The Bertz CT molecular complexity index is 1170. The number of aliphatic hydroxyl groups is 1. The molecule has 1 aromatic heterocycles. The molecule has 1 saturated heterocycles. The van der Waals surface area contributed by atoms with Gasteiger partial charge in [0.25, 0.3) is 11.7 Å². The van der Waals surface area contributed by atoms with Crippen LogP contribution in [0.25, 0.3) is 5.76 Å². The number of aliphatic hydroxyl groups excluding tert-OH is 1. The minimum atomic E-state index is -0.713. The summed E-state index contributed by atoms with van der Waals surface area (Å²) in [6, 6.07) is 19.4. The first-order valence-corrected chi connectivity index (χ1v) is 10.7. The zero-order chi connectivity index (χ0) is 23.2. The first-order chi connectivity index (χ1) is 16.1. The molecule has 0 saturated carbocycles. The molecule has 1 aliphatic rings. The van der Waals surface area contributed by atoms with Gasteiger partial charge in [-0.25, -0.2) is 0 Å². The van der Waals surface area contributed by atoms with E-state index in [1.165, 1.54) is 17.3 Å². The highest BCUT2D eigenvalue weighted by atomic mass is 16.5. The maximum absolute atomic E-state index is 13.1. The molecular weight excluding hydrogens is 416 g/mol. The monoisotopic (exact) mass is 440 g/mol. The number of amides is 1. The molecule has 0 radical (unpaired) electrons. The summed E-state index contributed by atoms with van der Waals surface area (Å²) in [4.78, 5) is 31.6. The van der Waals surface area contributed by atoms with E-state index in [2.05, 4.69) is 11.6 Å². The summed E-state index contributed by atoms with van der Waals surface area (Å²) in [5.41, 5.74) is 2.27. The minimum Gasteiger partial charge on any atom is -0.507 e. The van der Waals surface area contributed by atoms with Crippen molar-refractivity contribution in [2.24, 2.45) is 0 Å². The van der Waals surface area contributed by atoms with Gasteiger partial charge in [-0.1, -0.05) is 55.1 Å². The molecule has 2 heterocycles. The van der Waals surface area contributed by atoms with E-state index in [1.54, 1.807) is 30.3 Å². The quantitative estimate of drug-likeness (QED) is 0.244. The number of pyridine rings is 1. The van der Waals surface area contributed by atoms with Crippen molar-refractivity contribution in [3.8, 4) is 5.75 Å². The summed E-state index contributed by atoms with van der Waals surface area (Å²) in [7, 11) is 0. The molecule has 1 atom stereocenters. The largest absolute Gasteiger partial charge is 0.507 e. The minimum absolute atomic E-state index is 0.0685. The molecule has 3 aromatic rings. The normalized spacial score (nSPS) is 17.2. The number of carbonyl (C=O) groups is 2. The Balaban J connectivity index is 1.74. The molecule has 0 bridgehead atoms. The molecule has 1 fully saturated rings. The third-order valence-electron chi connectivity index (χ3n) is 5.54. The summed E-state index contributed by atoms with van der Waals surface area (Å²) in [6.07, 6.45) is 5.30. The van der Waals surface area contributed by atoms with Gasteiger partial charge in [0.2, 0.25) is 0 Å².